The molecule has 4 aromatic rings. The lowest BCUT2D eigenvalue weighted by atomic mass is 10.2. The van der Waals surface area contributed by atoms with Crippen molar-refractivity contribution in [2.75, 3.05) is 0 Å². The van der Waals surface area contributed by atoms with Crippen LogP contribution in [-0.2, 0) is 19.4 Å². The van der Waals surface area contributed by atoms with Gasteiger partial charge in [0.05, 0.1) is 16.6 Å². The molecular formula is C22H19N3O2. The average molecular weight is 357 g/mol. The van der Waals surface area contributed by atoms with Crippen LogP contribution in [0.4, 0.5) is 0 Å². The molecule has 27 heavy (non-hydrogen) atoms. The molecule has 2 aromatic heterocycles. The van der Waals surface area contributed by atoms with Crippen LogP contribution in [0.5, 0.6) is 0 Å². The molecule has 1 N–H and O–H groups in total. The number of imidazole rings is 1. The standard InChI is InChI=1S/C22H19N3O2/c26-22(27)17-9-11-20-19(14-17)24-21(12-10-18-8-4-5-13-23-18)25(20)15-16-6-2-1-3-7-16/h1-9,11,13-14H,10,12,15H2,(H,26,27). The second-order valence-electron chi connectivity index (χ2n) is 6.43. The summed E-state index contributed by atoms with van der Waals surface area (Å²) >= 11 is 0. The number of benzene rings is 2. The average Bonchev–Trinajstić information content (AvgIpc) is 3.04. The fourth-order valence-electron chi connectivity index (χ4n) is 3.23. The zero-order valence-corrected chi connectivity index (χ0v) is 14.7. The number of aromatic nitrogens is 3. The summed E-state index contributed by atoms with van der Waals surface area (Å²) in [5.74, 6) is -0.00779. The third-order valence-electron chi connectivity index (χ3n) is 4.59. The number of carboxylic acids is 1. The molecule has 134 valence electrons. The van der Waals surface area contributed by atoms with E-state index in [9.17, 15) is 9.90 Å². The van der Waals surface area contributed by atoms with Crippen LogP contribution < -0.4 is 0 Å². The van der Waals surface area contributed by atoms with Gasteiger partial charge in [-0.15, -0.1) is 0 Å². The highest BCUT2D eigenvalue weighted by Gasteiger charge is 2.14. The quantitative estimate of drug-likeness (QED) is 0.567. The Morgan fingerprint density at radius 1 is 0.963 bits per heavy atom. The van der Waals surface area contributed by atoms with Crippen LogP contribution in [0.2, 0.25) is 0 Å². The van der Waals surface area contributed by atoms with E-state index < -0.39 is 5.97 Å². The van der Waals surface area contributed by atoms with Gasteiger partial charge in [-0.1, -0.05) is 36.4 Å². The number of carboxylic acid groups (broad SMARTS) is 1. The van der Waals surface area contributed by atoms with Gasteiger partial charge in [-0.3, -0.25) is 4.98 Å². The molecule has 2 heterocycles. The van der Waals surface area contributed by atoms with Gasteiger partial charge in [0.15, 0.2) is 0 Å². The third kappa shape index (κ3) is 3.72. The van der Waals surface area contributed by atoms with E-state index in [-0.39, 0.29) is 5.56 Å². The van der Waals surface area contributed by atoms with Gasteiger partial charge in [-0.25, -0.2) is 9.78 Å². The van der Waals surface area contributed by atoms with E-state index in [1.165, 1.54) is 5.56 Å². The number of nitrogens with zero attached hydrogens (tertiary/aromatic N) is 3. The fourth-order valence-corrected chi connectivity index (χ4v) is 3.23. The van der Waals surface area contributed by atoms with Crippen LogP contribution >= 0.6 is 0 Å². The third-order valence-corrected chi connectivity index (χ3v) is 4.59. The van der Waals surface area contributed by atoms with Gasteiger partial charge in [0, 0.05) is 24.9 Å². The molecule has 0 bridgehead atoms. The summed E-state index contributed by atoms with van der Waals surface area (Å²) in [7, 11) is 0. The van der Waals surface area contributed by atoms with Crippen LogP contribution in [0.15, 0.2) is 72.9 Å². The Hall–Kier alpha value is -3.47. The number of hydrogen-bond acceptors (Lipinski definition) is 3. The Balaban J connectivity index is 1.72. The lowest BCUT2D eigenvalue weighted by molar-refractivity contribution is 0.0697. The Kier molecular flexibility index (Phi) is 4.66. The number of carbonyl (C=O) groups is 1. The molecular weight excluding hydrogens is 338 g/mol. The van der Waals surface area contributed by atoms with Crippen molar-refractivity contribution in [2.45, 2.75) is 19.4 Å². The highest BCUT2D eigenvalue weighted by molar-refractivity contribution is 5.92. The number of rotatable bonds is 6. The molecule has 0 radical (unpaired) electrons. The Bertz CT molecular complexity index is 1070. The maximum Gasteiger partial charge on any atom is 0.335 e. The van der Waals surface area contributed by atoms with E-state index in [2.05, 4.69) is 21.7 Å². The van der Waals surface area contributed by atoms with Gasteiger partial charge in [-0.05, 0) is 42.3 Å². The summed E-state index contributed by atoms with van der Waals surface area (Å²) < 4.78 is 2.17. The molecule has 0 aliphatic carbocycles. The maximum atomic E-state index is 11.3. The van der Waals surface area contributed by atoms with Crippen molar-refractivity contribution in [1.29, 1.82) is 0 Å². The first kappa shape index (κ1) is 17.0. The predicted molar refractivity (Wildman–Crippen MR) is 104 cm³/mol. The molecule has 4 rings (SSSR count). The first-order valence-corrected chi connectivity index (χ1v) is 8.87. The minimum atomic E-state index is -0.940. The molecule has 5 nitrogen and oxygen atoms in total. The predicted octanol–water partition coefficient (Wildman–Crippen LogP) is 3.96. The van der Waals surface area contributed by atoms with E-state index >= 15 is 0 Å². The second kappa shape index (κ2) is 7.41. The maximum absolute atomic E-state index is 11.3. The minimum absolute atomic E-state index is 0.253. The lowest BCUT2D eigenvalue weighted by Crippen LogP contribution is -2.07. The van der Waals surface area contributed by atoms with Crippen LogP contribution in [0.25, 0.3) is 11.0 Å². The summed E-state index contributed by atoms with van der Waals surface area (Å²) in [6, 6.07) is 21.2. The molecule has 0 aliphatic rings. The monoisotopic (exact) mass is 357 g/mol. The van der Waals surface area contributed by atoms with Crippen molar-refractivity contribution in [3.8, 4) is 0 Å². The van der Waals surface area contributed by atoms with E-state index in [0.29, 0.717) is 12.1 Å². The fraction of sp³-hybridized carbons (Fsp3) is 0.136. The molecule has 5 heteroatoms. The second-order valence-corrected chi connectivity index (χ2v) is 6.43. The van der Waals surface area contributed by atoms with E-state index in [0.717, 1.165) is 29.9 Å². The Labute approximate surface area is 157 Å². The van der Waals surface area contributed by atoms with Gasteiger partial charge in [0.1, 0.15) is 5.82 Å². The SMILES string of the molecule is O=C(O)c1ccc2c(c1)nc(CCc1ccccn1)n2Cc1ccccc1. The highest BCUT2D eigenvalue weighted by Crippen LogP contribution is 2.21. The topological polar surface area (TPSA) is 68.0 Å². The van der Waals surface area contributed by atoms with Gasteiger partial charge in [0.2, 0.25) is 0 Å². The van der Waals surface area contributed by atoms with Crippen LogP contribution in [0.3, 0.4) is 0 Å². The molecule has 2 aromatic carbocycles. The van der Waals surface area contributed by atoms with Gasteiger partial charge >= 0.3 is 5.97 Å². The molecule has 0 saturated carbocycles. The smallest absolute Gasteiger partial charge is 0.335 e. The van der Waals surface area contributed by atoms with Crippen molar-refractivity contribution < 1.29 is 9.90 Å². The van der Waals surface area contributed by atoms with Crippen molar-refractivity contribution in [1.82, 2.24) is 14.5 Å². The molecule has 0 atom stereocenters. The number of pyridine rings is 1. The molecule has 0 spiro atoms. The van der Waals surface area contributed by atoms with Crippen LogP contribution in [0, 0.1) is 0 Å². The number of aromatic carboxylic acids is 1. The number of fused-ring (bicyclic) bond motifs is 1. The van der Waals surface area contributed by atoms with Crippen molar-refractivity contribution >= 4 is 17.0 Å². The summed E-state index contributed by atoms with van der Waals surface area (Å²) in [4.78, 5) is 20.4. The normalized spacial score (nSPS) is 11.0. The van der Waals surface area contributed by atoms with Crippen molar-refractivity contribution in [3.05, 3.63) is 95.6 Å². The minimum Gasteiger partial charge on any atom is -0.478 e. The summed E-state index contributed by atoms with van der Waals surface area (Å²) in [6.07, 6.45) is 3.31. The Morgan fingerprint density at radius 3 is 2.52 bits per heavy atom. The van der Waals surface area contributed by atoms with E-state index in [1.807, 2.05) is 42.5 Å². The lowest BCUT2D eigenvalue weighted by Gasteiger charge is -2.09. The van der Waals surface area contributed by atoms with Gasteiger partial charge in [0.25, 0.3) is 0 Å². The molecule has 0 unspecified atom stereocenters. The highest BCUT2D eigenvalue weighted by atomic mass is 16.4. The zero-order valence-electron chi connectivity index (χ0n) is 14.7. The summed E-state index contributed by atoms with van der Waals surface area (Å²) in [5, 5.41) is 9.26. The Morgan fingerprint density at radius 2 is 1.78 bits per heavy atom. The van der Waals surface area contributed by atoms with Crippen LogP contribution in [-0.4, -0.2) is 25.6 Å². The van der Waals surface area contributed by atoms with Gasteiger partial charge < -0.3 is 9.67 Å². The van der Waals surface area contributed by atoms with Gasteiger partial charge in [-0.2, -0.15) is 0 Å². The summed E-state index contributed by atoms with van der Waals surface area (Å²) in [5.41, 5.74) is 4.10. The van der Waals surface area contributed by atoms with Crippen LogP contribution in [0.1, 0.15) is 27.4 Å². The summed E-state index contributed by atoms with van der Waals surface area (Å²) in [6.45, 7) is 0.696. The molecule has 0 saturated heterocycles. The largest absolute Gasteiger partial charge is 0.478 e. The molecule has 0 fully saturated rings. The van der Waals surface area contributed by atoms with E-state index in [4.69, 9.17) is 4.98 Å². The molecule has 0 aliphatic heterocycles. The first-order valence-electron chi connectivity index (χ1n) is 8.87. The molecule has 0 amide bonds. The van der Waals surface area contributed by atoms with Crippen molar-refractivity contribution in [3.63, 3.8) is 0 Å². The zero-order chi connectivity index (χ0) is 18.6. The van der Waals surface area contributed by atoms with Crippen molar-refractivity contribution in [2.24, 2.45) is 0 Å². The number of aryl methyl sites for hydroxylation is 2. The van der Waals surface area contributed by atoms with E-state index in [1.54, 1.807) is 18.3 Å². The first-order chi connectivity index (χ1) is 13.2. The number of hydrogen-bond donors (Lipinski definition) is 1.